The highest BCUT2D eigenvalue weighted by Gasteiger charge is 2.18. The van der Waals surface area contributed by atoms with Crippen LogP contribution in [0.5, 0.6) is 0 Å². The van der Waals surface area contributed by atoms with E-state index in [0.29, 0.717) is 12.2 Å². The number of nitrogens with zero attached hydrogens (tertiary/aromatic N) is 2. The van der Waals surface area contributed by atoms with E-state index in [9.17, 15) is 14.9 Å². The molecule has 0 saturated carbocycles. The molecule has 1 N–H and O–H groups in total. The molecular formula is C12H16N2O4. The Labute approximate surface area is 105 Å². The number of carboxylic acids is 1. The zero-order valence-electron chi connectivity index (χ0n) is 10.4. The van der Waals surface area contributed by atoms with Gasteiger partial charge in [-0.2, -0.15) is 0 Å². The van der Waals surface area contributed by atoms with Crippen LogP contribution < -0.4 is 4.90 Å². The fourth-order valence-electron chi connectivity index (χ4n) is 1.66. The van der Waals surface area contributed by atoms with Crippen molar-refractivity contribution < 1.29 is 14.8 Å². The van der Waals surface area contributed by atoms with Gasteiger partial charge in [0.05, 0.1) is 16.2 Å². The number of nitro groups is 1. The molecule has 0 unspecified atom stereocenters. The number of unbranched alkanes of at least 4 members (excludes halogenated alkanes) is 1. The third-order valence-corrected chi connectivity index (χ3v) is 2.68. The lowest BCUT2D eigenvalue weighted by molar-refractivity contribution is -0.384. The van der Waals surface area contributed by atoms with E-state index in [-0.39, 0.29) is 11.3 Å². The molecule has 0 saturated heterocycles. The van der Waals surface area contributed by atoms with Crippen molar-refractivity contribution in [3.63, 3.8) is 0 Å². The standard InChI is InChI=1S/C12H16N2O4/c1-3-4-7-13(2)11-6-5-9(14(17)18)8-10(11)12(15)16/h5-6,8H,3-4,7H2,1-2H3,(H,15,16). The summed E-state index contributed by atoms with van der Waals surface area (Å²) in [5, 5.41) is 19.7. The Morgan fingerprint density at radius 2 is 2.17 bits per heavy atom. The van der Waals surface area contributed by atoms with Gasteiger partial charge in [-0.3, -0.25) is 10.1 Å². The van der Waals surface area contributed by atoms with E-state index in [2.05, 4.69) is 0 Å². The second kappa shape index (κ2) is 6.00. The van der Waals surface area contributed by atoms with Gasteiger partial charge in [-0.25, -0.2) is 4.79 Å². The molecule has 0 fully saturated rings. The number of carboxylic acid groups (broad SMARTS) is 1. The molecule has 1 aromatic carbocycles. The van der Waals surface area contributed by atoms with Crippen molar-refractivity contribution in [2.45, 2.75) is 19.8 Å². The van der Waals surface area contributed by atoms with Gasteiger partial charge in [0.2, 0.25) is 0 Å². The van der Waals surface area contributed by atoms with Gasteiger partial charge in [-0.15, -0.1) is 0 Å². The Morgan fingerprint density at radius 1 is 1.50 bits per heavy atom. The monoisotopic (exact) mass is 252 g/mol. The summed E-state index contributed by atoms with van der Waals surface area (Å²) in [7, 11) is 1.78. The fourth-order valence-corrected chi connectivity index (χ4v) is 1.66. The summed E-state index contributed by atoms with van der Waals surface area (Å²) in [6.45, 7) is 2.76. The molecule has 18 heavy (non-hydrogen) atoms. The number of non-ortho nitro benzene ring substituents is 1. The zero-order valence-corrected chi connectivity index (χ0v) is 10.4. The first kappa shape index (κ1) is 14.0. The van der Waals surface area contributed by atoms with Gasteiger partial charge in [-0.05, 0) is 12.5 Å². The molecule has 0 aromatic heterocycles. The largest absolute Gasteiger partial charge is 0.478 e. The van der Waals surface area contributed by atoms with Crippen molar-refractivity contribution in [2.24, 2.45) is 0 Å². The van der Waals surface area contributed by atoms with E-state index in [1.807, 2.05) is 6.92 Å². The number of nitro benzene ring substituents is 1. The lowest BCUT2D eigenvalue weighted by Crippen LogP contribution is -2.21. The average molecular weight is 252 g/mol. The van der Waals surface area contributed by atoms with Crippen LogP contribution in [-0.2, 0) is 0 Å². The summed E-state index contributed by atoms with van der Waals surface area (Å²) in [4.78, 5) is 23.0. The highest BCUT2D eigenvalue weighted by atomic mass is 16.6. The molecule has 0 atom stereocenters. The molecule has 0 bridgehead atoms. The highest BCUT2D eigenvalue weighted by molar-refractivity contribution is 5.95. The van der Waals surface area contributed by atoms with E-state index in [1.54, 1.807) is 11.9 Å². The second-order valence-electron chi connectivity index (χ2n) is 4.04. The quantitative estimate of drug-likeness (QED) is 0.621. The molecule has 0 amide bonds. The number of hydrogen-bond donors (Lipinski definition) is 1. The first-order valence-electron chi connectivity index (χ1n) is 5.70. The second-order valence-corrected chi connectivity index (χ2v) is 4.04. The first-order chi connectivity index (χ1) is 8.47. The molecule has 6 nitrogen and oxygen atoms in total. The summed E-state index contributed by atoms with van der Waals surface area (Å²) in [6.07, 6.45) is 1.94. The Kier molecular flexibility index (Phi) is 4.65. The topological polar surface area (TPSA) is 83.7 Å². The van der Waals surface area contributed by atoms with Crippen LogP contribution in [0.2, 0.25) is 0 Å². The van der Waals surface area contributed by atoms with Gasteiger partial charge in [0.1, 0.15) is 0 Å². The summed E-state index contributed by atoms with van der Waals surface area (Å²) in [6, 6.07) is 3.90. The maximum Gasteiger partial charge on any atom is 0.338 e. The molecule has 0 aliphatic carbocycles. The molecule has 98 valence electrons. The van der Waals surface area contributed by atoms with E-state index in [0.717, 1.165) is 18.9 Å². The molecule has 0 radical (unpaired) electrons. The van der Waals surface area contributed by atoms with Crippen molar-refractivity contribution in [1.82, 2.24) is 0 Å². The molecule has 0 spiro atoms. The number of anilines is 1. The Balaban J connectivity index is 3.11. The SMILES string of the molecule is CCCCN(C)c1ccc([N+](=O)[O-])cc1C(=O)O. The normalized spacial score (nSPS) is 10.1. The van der Waals surface area contributed by atoms with E-state index in [4.69, 9.17) is 5.11 Å². The molecule has 6 heteroatoms. The van der Waals surface area contributed by atoms with Gasteiger partial charge < -0.3 is 10.0 Å². The molecular weight excluding hydrogens is 236 g/mol. The summed E-state index contributed by atoms with van der Waals surface area (Å²) in [5.41, 5.74) is 0.254. The molecule has 1 aromatic rings. The Bertz CT molecular complexity index is 459. The third-order valence-electron chi connectivity index (χ3n) is 2.68. The van der Waals surface area contributed by atoms with Gasteiger partial charge in [0, 0.05) is 25.7 Å². The smallest absolute Gasteiger partial charge is 0.338 e. The minimum Gasteiger partial charge on any atom is -0.478 e. The van der Waals surface area contributed by atoms with Gasteiger partial charge >= 0.3 is 5.97 Å². The number of rotatable bonds is 6. The lowest BCUT2D eigenvalue weighted by Gasteiger charge is -2.20. The maximum absolute atomic E-state index is 11.1. The van der Waals surface area contributed by atoms with Crippen molar-refractivity contribution in [2.75, 3.05) is 18.5 Å². The summed E-state index contributed by atoms with van der Waals surface area (Å²) < 4.78 is 0. The van der Waals surface area contributed by atoms with Crippen LogP contribution in [-0.4, -0.2) is 29.6 Å². The van der Waals surface area contributed by atoms with Crippen molar-refractivity contribution >= 4 is 17.3 Å². The lowest BCUT2D eigenvalue weighted by atomic mass is 10.1. The van der Waals surface area contributed by atoms with Crippen LogP contribution >= 0.6 is 0 Å². The van der Waals surface area contributed by atoms with Crippen LogP contribution in [0.1, 0.15) is 30.1 Å². The van der Waals surface area contributed by atoms with E-state index >= 15 is 0 Å². The van der Waals surface area contributed by atoms with Crippen molar-refractivity contribution in [3.8, 4) is 0 Å². The average Bonchev–Trinajstić information content (AvgIpc) is 2.34. The maximum atomic E-state index is 11.1. The number of aromatic carboxylic acids is 1. The van der Waals surface area contributed by atoms with Crippen LogP contribution in [0.15, 0.2) is 18.2 Å². The predicted octanol–water partition coefficient (Wildman–Crippen LogP) is 2.53. The van der Waals surface area contributed by atoms with Gasteiger partial charge in [0.15, 0.2) is 0 Å². The molecule has 0 aliphatic rings. The van der Waals surface area contributed by atoms with Gasteiger partial charge in [0.25, 0.3) is 5.69 Å². The number of benzene rings is 1. The van der Waals surface area contributed by atoms with Crippen LogP contribution in [0.25, 0.3) is 0 Å². The number of carbonyl (C=O) groups is 1. The zero-order chi connectivity index (χ0) is 13.7. The third kappa shape index (κ3) is 3.19. The molecule has 0 heterocycles. The highest BCUT2D eigenvalue weighted by Crippen LogP contribution is 2.25. The van der Waals surface area contributed by atoms with Crippen LogP contribution in [0.3, 0.4) is 0 Å². The number of hydrogen-bond acceptors (Lipinski definition) is 4. The van der Waals surface area contributed by atoms with Crippen molar-refractivity contribution in [3.05, 3.63) is 33.9 Å². The van der Waals surface area contributed by atoms with Crippen LogP contribution in [0.4, 0.5) is 11.4 Å². The minimum absolute atomic E-state index is 0.0391. The summed E-state index contributed by atoms with van der Waals surface area (Å²) in [5.74, 6) is -1.16. The first-order valence-corrected chi connectivity index (χ1v) is 5.70. The van der Waals surface area contributed by atoms with Crippen LogP contribution in [0, 0.1) is 10.1 Å². The molecule has 1 rings (SSSR count). The van der Waals surface area contributed by atoms with E-state index in [1.165, 1.54) is 12.1 Å². The molecule has 0 aliphatic heterocycles. The summed E-state index contributed by atoms with van der Waals surface area (Å²) >= 11 is 0. The van der Waals surface area contributed by atoms with Gasteiger partial charge in [-0.1, -0.05) is 13.3 Å². The Hall–Kier alpha value is -2.11. The fraction of sp³-hybridized carbons (Fsp3) is 0.417. The predicted molar refractivity (Wildman–Crippen MR) is 68.2 cm³/mol. The minimum atomic E-state index is -1.16. The van der Waals surface area contributed by atoms with Crippen molar-refractivity contribution in [1.29, 1.82) is 0 Å². The Morgan fingerprint density at radius 3 is 2.67 bits per heavy atom. The van der Waals surface area contributed by atoms with E-state index < -0.39 is 10.9 Å².